The Kier molecular flexibility index (Phi) is 10.9. The van der Waals surface area contributed by atoms with Crippen LogP contribution in [0.5, 0.6) is 0 Å². The zero-order chi connectivity index (χ0) is 26.9. The van der Waals surface area contributed by atoms with E-state index in [1.54, 1.807) is 5.57 Å². The van der Waals surface area contributed by atoms with Crippen molar-refractivity contribution in [2.45, 2.75) is 86.1 Å². The van der Waals surface area contributed by atoms with Crippen LogP contribution in [0.2, 0.25) is 0 Å². The Morgan fingerprint density at radius 1 is 1.08 bits per heavy atom. The Hall–Kier alpha value is -2.46. The van der Waals surface area contributed by atoms with Gasteiger partial charge in [-0.25, -0.2) is 0 Å². The predicted molar refractivity (Wildman–Crippen MR) is 163 cm³/mol. The molecule has 0 aromatic carbocycles. The average Bonchev–Trinajstić information content (AvgIpc) is 3.32. The highest BCUT2D eigenvalue weighted by molar-refractivity contribution is 6.11. The van der Waals surface area contributed by atoms with E-state index in [2.05, 4.69) is 86.4 Å². The first kappa shape index (κ1) is 29.1. The molecule has 4 heteroatoms. The number of hydrogen-bond donors (Lipinski definition) is 0. The molecular weight excluding hydrogens is 452 g/mol. The van der Waals surface area contributed by atoms with Gasteiger partial charge >= 0.3 is 0 Å². The molecule has 0 N–H and O–H groups in total. The zero-order valence-corrected chi connectivity index (χ0v) is 24.6. The van der Waals surface area contributed by atoms with Crippen LogP contribution in [0.1, 0.15) is 80.1 Å². The van der Waals surface area contributed by atoms with Crippen LogP contribution >= 0.6 is 0 Å². The van der Waals surface area contributed by atoms with Crippen LogP contribution in [-0.2, 0) is 0 Å². The summed E-state index contributed by atoms with van der Waals surface area (Å²) in [5, 5.41) is 0. The standard InChI is InChI=1S/C33H50N4/c1-9-25(5)31(17-16-29(10-2)37-20-19-36-18-12-15-30(36)23-37)35-33(22-27(7)28-13-11-14-28)32(34-8)21-26(6)24(3)4/h10,16-17,21-22,25,30H,3,9,11-15,18-20,23H2,1-2,4-8H3/b17-16-,26-21+,29-10?,33-22-,34-32?,35-31+/t25?,30-/m1/s1. The van der Waals surface area contributed by atoms with E-state index >= 15 is 0 Å². The molecule has 2 atom stereocenters. The van der Waals surface area contributed by atoms with Crippen molar-refractivity contribution >= 4 is 11.4 Å². The smallest absolute Gasteiger partial charge is 0.0887 e. The Morgan fingerprint density at radius 3 is 2.43 bits per heavy atom. The summed E-state index contributed by atoms with van der Waals surface area (Å²) in [6, 6.07) is 0.712. The zero-order valence-electron chi connectivity index (χ0n) is 24.6. The topological polar surface area (TPSA) is 31.2 Å². The van der Waals surface area contributed by atoms with E-state index < -0.39 is 0 Å². The Balaban J connectivity index is 1.96. The van der Waals surface area contributed by atoms with Gasteiger partial charge in [0.25, 0.3) is 0 Å². The number of piperazine rings is 1. The fraction of sp³-hybridized carbons (Fsp3) is 0.576. The van der Waals surface area contributed by atoms with Crippen molar-refractivity contribution in [1.82, 2.24) is 9.80 Å². The van der Waals surface area contributed by atoms with Crippen molar-refractivity contribution in [1.29, 1.82) is 0 Å². The molecule has 0 aromatic heterocycles. The number of rotatable bonds is 10. The molecule has 2 aliphatic heterocycles. The summed E-state index contributed by atoms with van der Waals surface area (Å²) in [5.41, 5.74) is 9.36. The van der Waals surface area contributed by atoms with Gasteiger partial charge in [0.2, 0.25) is 0 Å². The maximum atomic E-state index is 5.31. The van der Waals surface area contributed by atoms with Crippen LogP contribution < -0.4 is 0 Å². The third kappa shape index (κ3) is 7.77. The molecule has 3 rings (SSSR count). The van der Waals surface area contributed by atoms with Gasteiger partial charge in [0.05, 0.1) is 11.4 Å². The molecule has 202 valence electrons. The average molecular weight is 503 g/mol. The number of fused-ring (bicyclic) bond motifs is 1. The van der Waals surface area contributed by atoms with Crippen LogP contribution in [-0.4, -0.2) is 60.5 Å². The molecule has 3 fully saturated rings. The van der Waals surface area contributed by atoms with E-state index in [-0.39, 0.29) is 0 Å². The molecule has 0 spiro atoms. The SMILES string of the molecule is C=C(C)/C(C)=C/C(=NC)C(=C/C(C)=C1CCC1)/N=C(\C=C/C(=CC)N1CCN2CCC[C@@H]2C1)C(C)CC. The Labute approximate surface area is 227 Å². The molecule has 2 saturated heterocycles. The lowest BCUT2D eigenvalue weighted by atomic mass is 9.88. The number of allylic oxidation sites excluding steroid dienone is 9. The number of aliphatic imine (C=N–C) groups is 2. The lowest BCUT2D eigenvalue weighted by molar-refractivity contribution is 0.132. The van der Waals surface area contributed by atoms with Gasteiger partial charge in [-0.15, -0.1) is 0 Å². The quantitative estimate of drug-likeness (QED) is 0.226. The minimum atomic E-state index is 0.352. The van der Waals surface area contributed by atoms with Gasteiger partial charge in [-0.2, -0.15) is 0 Å². The second-order valence-corrected chi connectivity index (χ2v) is 11.1. The van der Waals surface area contributed by atoms with Crippen molar-refractivity contribution in [3.05, 3.63) is 70.6 Å². The molecule has 0 amide bonds. The van der Waals surface area contributed by atoms with Crippen LogP contribution in [0.25, 0.3) is 0 Å². The van der Waals surface area contributed by atoms with E-state index in [0.717, 1.165) is 47.8 Å². The molecule has 0 aromatic rings. The fourth-order valence-electron chi connectivity index (χ4n) is 5.24. The normalized spacial score (nSPS) is 23.4. The van der Waals surface area contributed by atoms with Gasteiger partial charge in [0, 0.05) is 44.1 Å². The van der Waals surface area contributed by atoms with Gasteiger partial charge in [-0.05, 0) is 114 Å². The van der Waals surface area contributed by atoms with Crippen LogP contribution in [0, 0.1) is 5.92 Å². The van der Waals surface area contributed by atoms with Crippen molar-refractivity contribution in [2.75, 3.05) is 33.2 Å². The lowest BCUT2D eigenvalue weighted by Gasteiger charge is -2.39. The molecule has 37 heavy (non-hydrogen) atoms. The highest BCUT2D eigenvalue weighted by Crippen LogP contribution is 2.30. The summed E-state index contributed by atoms with van der Waals surface area (Å²) < 4.78 is 0. The van der Waals surface area contributed by atoms with Crippen molar-refractivity contribution < 1.29 is 0 Å². The van der Waals surface area contributed by atoms with Crippen LogP contribution in [0.4, 0.5) is 0 Å². The monoisotopic (exact) mass is 502 g/mol. The fourth-order valence-corrected chi connectivity index (χ4v) is 5.24. The lowest BCUT2D eigenvalue weighted by Crippen LogP contribution is -2.49. The second-order valence-electron chi connectivity index (χ2n) is 11.1. The molecule has 1 saturated carbocycles. The third-order valence-corrected chi connectivity index (χ3v) is 8.44. The van der Waals surface area contributed by atoms with Gasteiger partial charge in [-0.3, -0.25) is 14.9 Å². The first-order valence-electron chi connectivity index (χ1n) is 14.4. The Morgan fingerprint density at radius 2 is 1.84 bits per heavy atom. The van der Waals surface area contributed by atoms with Gasteiger partial charge in [0.15, 0.2) is 0 Å². The summed E-state index contributed by atoms with van der Waals surface area (Å²) >= 11 is 0. The van der Waals surface area contributed by atoms with E-state index in [0.29, 0.717) is 12.0 Å². The molecule has 1 unspecified atom stereocenters. The summed E-state index contributed by atoms with van der Waals surface area (Å²) in [6.45, 7) is 21.9. The molecule has 2 heterocycles. The molecule has 1 aliphatic carbocycles. The molecular formula is C33H50N4. The van der Waals surface area contributed by atoms with E-state index in [9.17, 15) is 0 Å². The van der Waals surface area contributed by atoms with E-state index in [4.69, 9.17) is 4.99 Å². The summed E-state index contributed by atoms with van der Waals surface area (Å²) in [4.78, 5) is 15.2. The van der Waals surface area contributed by atoms with Crippen LogP contribution in [0.3, 0.4) is 0 Å². The first-order valence-corrected chi connectivity index (χ1v) is 14.4. The number of hydrogen-bond acceptors (Lipinski definition) is 4. The van der Waals surface area contributed by atoms with Crippen molar-refractivity contribution in [3.8, 4) is 0 Å². The molecule has 3 aliphatic rings. The van der Waals surface area contributed by atoms with Gasteiger partial charge < -0.3 is 4.90 Å². The maximum Gasteiger partial charge on any atom is 0.0887 e. The van der Waals surface area contributed by atoms with Crippen LogP contribution in [0.15, 0.2) is 80.6 Å². The molecule has 0 bridgehead atoms. The van der Waals surface area contributed by atoms with Gasteiger partial charge in [-0.1, -0.05) is 37.6 Å². The third-order valence-electron chi connectivity index (χ3n) is 8.44. The second kappa shape index (κ2) is 13.9. The minimum Gasteiger partial charge on any atom is -0.369 e. The highest BCUT2D eigenvalue weighted by Gasteiger charge is 2.30. The maximum absolute atomic E-state index is 5.31. The molecule has 4 nitrogen and oxygen atoms in total. The largest absolute Gasteiger partial charge is 0.369 e. The summed E-state index contributed by atoms with van der Waals surface area (Å²) in [6.07, 6.45) is 18.6. The predicted octanol–water partition coefficient (Wildman–Crippen LogP) is 7.69. The summed E-state index contributed by atoms with van der Waals surface area (Å²) in [5.74, 6) is 0.352. The highest BCUT2D eigenvalue weighted by atomic mass is 15.3. The van der Waals surface area contributed by atoms with Crippen molar-refractivity contribution in [2.24, 2.45) is 15.9 Å². The van der Waals surface area contributed by atoms with E-state index in [1.807, 2.05) is 14.0 Å². The first-order chi connectivity index (χ1) is 17.8. The number of nitrogens with zero attached hydrogens (tertiary/aromatic N) is 4. The van der Waals surface area contributed by atoms with E-state index in [1.165, 1.54) is 56.5 Å². The molecule has 0 radical (unpaired) electrons. The summed E-state index contributed by atoms with van der Waals surface area (Å²) in [7, 11) is 1.87. The minimum absolute atomic E-state index is 0.352. The Bertz CT molecular complexity index is 1040. The van der Waals surface area contributed by atoms with Crippen molar-refractivity contribution in [3.63, 3.8) is 0 Å². The van der Waals surface area contributed by atoms with Gasteiger partial charge in [0.1, 0.15) is 0 Å².